The number of nitrogens with two attached hydrogens (primary N) is 1. The Morgan fingerprint density at radius 3 is 3.03 bits per heavy atom. The van der Waals surface area contributed by atoms with Crippen LogP contribution in [0.3, 0.4) is 0 Å². The molecule has 1 aromatic heterocycles. The quantitative estimate of drug-likeness (QED) is 0.779. The molecule has 0 spiro atoms. The first-order valence-electron chi connectivity index (χ1n) is 9.71. The van der Waals surface area contributed by atoms with Gasteiger partial charge in [-0.25, -0.2) is 23.2 Å². The maximum Gasteiger partial charge on any atom is 0.354 e. The molecule has 10 heteroatoms. The van der Waals surface area contributed by atoms with Crippen LogP contribution in [0.4, 0.5) is 14.9 Å². The maximum atomic E-state index is 14.0. The number of aromatic nitrogens is 2. The van der Waals surface area contributed by atoms with Gasteiger partial charge < -0.3 is 10.1 Å². The number of amides is 2. The number of alkyl halides is 1. The van der Waals surface area contributed by atoms with E-state index in [0.29, 0.717) is 18.7 Å². The molecule has 1 aromatic carbocycles. The van der Waals surface area contributed by atoms with Gasteiger partial charge in [-0.15, -0.1) is 4.36 Å². The zero-order chi connectivity index (χ0) is 20.3. The third kappa shape index (κ3) is 3.10. The van der Waals surface area contributed by atoms with E-state index in [1.165, 1.54) is 6.20 Å². The van der Waals surface area contributed by atoms with Gasteiger partial charge in [-0.3, -0.25) is 0 Å². The summed E-state index contributed by atoms with van der Waals surface area (Å²) in [5.74, 6) is 0.281. The van der Waals surface area contributed by atoms with Crippen LogP contribution in [-0.2, 0) is 42.1 Å². The Bertz CT molecular complexity index is 1150. The molecule has 2 aliphatic carbocycles. The number of carbonyl (C=O) groups excluding carboxylic acids is 1. The summed E-state index contributed by atoms with van der Waals surface area (Å²) in [4.78, 5) is 12.8. The van der Waals surface area contributed by atoms with Crippen molar-refractivity contribution in [1.29, 1.82) is 0 Å². The van der Waals surface area contributed by atoms with Gasteiger partial charge in [0.2, 0.25) is 5.88 Å². The monoisotopic (exact) mass is 419 g/mol. The summed E-state index contributed by atoms with van der Waals surface area (Å²) in [7, 11) is -3.54. The third-order valence-corrected chi connectivity index (χ3v) is 7.08. The fraction of sp³-hybridized carbons (Fsp3) is 0.474. The number of nitrogens with zero attached hydrogens (tertiary/aromatic N) is 3. The number of hydrogen-bond donors (Lipinski definition) is 2. The van der Waals surface area contributed by atoms with Gasteiger partial charge in [0.1, 0.15) is 17.2 Å². The Hall–Kier alpha value is -2.46. The van der Waals surface area contributed by atoms with Crippen LogP contribution in [0.25, 0.3) is 0 Å². The molecule has 1 aliphatic heterocycles. The first kappa shape index (κ1) is 18.6. The zero-order valence-corrected chi connectivity index (χ0v) is 16.8. The molecular weight excluding hydrogens is 397 g/mol. The first-order valence-corrected chi connectivity index (χ1v) is 11.3. The Kier molecular flexibility index (Phi) is 4.18. The minimum absolute atomic E-state index is 0.101. The van der Waals surface area contributed by atoms with Gasteiger partial charge in [-0.2, -0.15) is 5.10 Å². The van der Waals surface area contributed by atoms with E-state index >= 15 is 0 Å². The van der Waals surface area contributed by atoms with Crippen LogP contribution in [0.15, 0.2) is 21.5 Å². The van der Waals surface area contributed by atoms with Crippen molar-refractivity contribution in [3.63, 3.8) is 0 Å². The molecular formula is C19H22FN5O3S. The van der Waals surface area contributed by atoms with Gasteiger partial charge in [0.05, 0.1) is 12.7 Å². The molecule has 3 aliphatic rings. The predicted octanol–water partition coefficient (Wildman–Crippen LogP) is 2.52. The molecule has 3 atom stereocenters. The molecule has 0 unspecified atom stereocenters. The lowest BCUT2D eigenvalue weighted by Crippen LogP contribution is -2.19. The molecule has 0 saturated heterocycles. The molecule has 0 fully saturated rings. The van der Waals surface area contributed by atoms with Crippen molar-refractivity contribution in [2.75, 3.05) is 5.32 Å². The zero-order valence-electron chi connectivity index (χ0n) is 16.0. The largest absolute Gasteiger partial charge is 0.472 e. The number of urea groups is 1. The number of carbonyl (C=O) groups is 1. The van der Waals surface area contributed by atoms with Gasteiger partial charge in [0, 0.05) is 18.5 Å². The van der Waals surface area contributed by atoms with E-state index in [2.05, 4.69) is 20.8 Å². The highest BCUT2D eigenvalue weighted by Gasteiger charge is 2.31. The number of halogens is 1. The molecule has 2 amide bonds. The van der Waals surface area contributed by atoms with Gasteiger partial charge in [-0.05, 0) is 48.4 Å². The van der Waals surface area contributed by atoms with Crippen molar-refractivity contribution >= 4 is 21.6 Å². The minimum Gasteiger partial charge on any atom is -0.472 e. The lowest BCUT2D eigenvalue weighted by atomic mass is 9.99. The Morgan fingerprint density at radius 2 is 2.21 bits per heavy atom. The highest BCUT2D eigenvalue weighted by Crippen LogP contribution is 2.39. The number of anilines is 1. The summed E-state index contributed by atoms with van der Waals surface area (Å²) in [5.41, 5.74) is 4.52. The molecule has 0 bridgehead atoms. The van der Waals surface area contributed by atoms with E-state index in [1.54, 1.807) is 4.68 Å². The number of rotatable bonds is 2. The number of ether oxygens (including phenoxy) is 1. The van der Waals surface area contributed by atoms with Crippen LogP contribution in [0, 0.1) is 0 Å². The number of fused-ring (bicyclic) bond motifs is 3. The third-order valence-electron chi connectivity index (χ3n) is 5.74. The van der Waals surface area contributed by atoms with Gasteiger partial charge in [-0.1, -0.05) is 6.07 Å². The van der Waals surface area contributed by atoms with E-state index in [0.717, 1.165) is 41.5 Å². The standard InChI is InChI=1S/C19H22FN5O3S/c1-10-9-25-18(28-10)16(8-22-25)29(21,27)24-19(26)23-17-14-4-2-3-11(14)5-12-6-13(20)7-15(12)17/h5,8,10,13H,2-4,6-7,9H2,1H3,(H3,21,23,24,26,27)/t10-,13+,29+/m1/s1. The predicted molar refractivity (Wildman–Crippen MR) is 105 cm³/mol. The molecule has 29 heavy (non-hydrogen) atoms. The fourth-order valence-corrected chi connectivity index (χ4v) is 5.52. The van der Waals surface area contributed by atoms with E-state index in [4.69, 9.17) is 9.88 Å². The fourth-order valence-electron chi connectivity index (χ4n) is 4.53. The molecule has 3 N–H and O–H groups in total. The van der Waals surface area contributed by atoms with Crippen molar-refractivity contribution in [2.45, 2.75) is 62.7 Å². The normalized spacial score (nSPS) is 23.7. The van der Waals surface area contributed by atoms with Crippen molar-refractivity contribution < 1.29 is 18.1 Å². The summed E-state index contributed by atoms with van der Waals surface area (Å²) < 4.78 is 37.9. The minimum atomic E-state index is -3.54. The van der Waals surface area contributed by atoms with Crippen LogP contribution in [0.5, 0.6) is 5.88 Å². The van der Waals surface area contributed by atoms with Crippen molar-refractivity contribution in [3.8, 4) is 5.88 Å². The lowest BCUT2D eigenvalue weighted by Gasteiger charge is -2.15. The molecule has 2 heterocycles. The average molecular weight is 419 g/mol. The number of aryl methyl sites for hydroxylation is 1. The lowest BCUT2D eigenvalue weighted by molar-refractivity contribution is 0.248. The van der Waals surface area contributed by atoms with Crippen LogP contribution in [0.2, 0.25) is 0 Å². The Balaban J connectivity index is 1.49. The second-order valence-corrected chi connectivity index (χ2v) is 9.66. The molecule has 0 saturated carbocycles. The van der Waals surface area contributed by atoms with Crippen LogP contribution in [0.1, 0.15) is 35.6 Å². The van der Waals surface area contributed by atoms with Crippen LogP contribution < -0.4 is 15.2 Å². The second-order valence-electron chi connectivity index (χ2n) is 7.90. The Morgan fingerprint density at radius 1 is 1.38 bits per heavy atom. The maximum absolute atomic E-state index is 14.0. The summed E-state index contributed by atoms with van der Waals surface area (Å²) >= 11 is 0. The van der Waals surface area contributed by atoms with Crippen molar-refractivity contribution in [3.05, 3.63) is 34.5 Å². The molecule has 5 rings (SSSR count). The number of benzene rings is 1. The molecule has 154 valence electrons. The van der Waals surface area contributed by atoms with Crippen LogP contribution in [-0.4, -0.2) is 32.3 Å². The van der Waals surface area contributed by atoms with E-state index in [9.17, 15) is 13.4 Å². The van der Waals surface area contributed by atoms with Gasteiger partial charge >= 0.3 is 6.03 Å². The number of hydrogen-bond acceptors (Lipinski definition) is 4. The van der Waals surface area contributed by atoms with Gasteiger partial charge in [0.15, 0.2) is 9.92 Å². The molecule has 8 nitrogen and oxygen atoms in total. The summed E-state index contributed by atoms with van der Waals surface area (Å²) in [6.07, 6.45) is 3.58. The molecule has 0 radical (unpaired) electrons. The molecule has 2 aromatic rings. The average Bonchev–Trinajstić information content (AvgIpc) is 3.36. The van der Waals surface area contributed by atoms with Gasteiger partial charge in [0.25, 0.3) is 0 Å². The summed E-state index contributed by atoms with van der Waals surface area (Å²) in [6, 6.07) is 1.25. The topological polar surface area (TPSA) is 112 Å². The van der Waals surface area contributed by atoms with Crippen molar-refractivity contribution in [1.82, 2.24) is 9.78 Å². The summed E-state index contributed by atoms with van der Waals surface area (Å²) in [6.45, 7) is 2.37. The smallest absolute Gasteiger partial charge is 0.354 e. The van der Waals surface area contributed by atoms with Crippen molar-refractivity contribution in [2.24, 2.45) is 9.50 Å². The Labute approximate surface area is 167 Å². The van der Waals surface area contributed by atoms with E-state index in [-0.39, 0.29) is 23.3 Å². The second kappa shape index (κ2) is 6.53. The van der Waals surface area contributed by atoms with E-state index in [1.807, 2.05) is 6.92 Å². The highest BCUT2D eigenvalue weighted by molar-refractivity contribution is 7.91. The van der Waals surface area contributed by atoms with E-state index < -0.39 is 22.1 Å². The number of nitrogens with one attached hydrogen (secondary N) is 1. The SMILES string of the molecule is C[C@@H]1Cn2ncc([S@@](N)(=O)=NC(=O)Nc3c4c(cc5c3C[C@@H](F)C5)CCC4)c2O1. The first-order chi connectivity index (χ1) is 13.8. The highest BCUT2D eigenvalue weighted by atomic mass is 32.2. The summed E-state index contributed by atoms with van der Waals surface area (Å²) in [5, 5.41) is 12.8. The van der Waals surface area contributed by atoms with Crippen LogP contribution >= 0.6 is 0 Å².